The number of rotatable bonds is 17. The maximum absolute atomic E-state index is 14.3. The molecule has 3 saturated heterocycles. The number of carboxylic acids is 3. The van der Waals surface area contributed by atoms with E-state index < -0.39 is 45.6 Å². The Bertz CT molecular complexity index is 3290. The van der Waals surface area contributed by atoms with Gasteiger partial charge in [-0.2, -0.15) is 33.1 Å². The van der Waals surface area contributed by atoms with E-state index in [1.165, 1.54) is 0 Å². The zero-order valence-electron chi connectivity index (χ0n) is 54.7. The molecule has 0 radical (unpaired) electrons. The van der Waals surface area contributed by atoms with E-state index in [1.54, 1.807) is 51.1 Å². The zero-order valence-corrected chi connectivity index (χ0v) is 61.9. The van der Waals surface area contributed by atoms with Crippen LogP contribution in [-0.2, 0) is 55.0 Å². The molecular formula is C60H83Cl2F3N11O18RbS-2. The molecule has 4 aromatic rings. The van der Waals surface area contributed by atoms with Crippen molar-refractivity contribution >= 4 is 87.3 Å². The number of nitrogens with two attached hydrogens (primary N) is 1. The summed E-state index contributed by atoms with van der Waals surface area (Å²) in [5, 5.41) is 43.8. The van der Waals surface area contributed by atoms with Crippen LogP contribution in [-0.4, -0.2) is 277 Å². The van der Waals surface area contributed by atoms with Crippen molar-refractivity contribution in [2.24, 2.45) is 5.73 Å². The van der Waals surface area contributed by atoms with Crippen molar-refractivity contribution in [1.29, 1.82) is 0 Å². The zero-order chi connectivity index (χ0) is 69.4. The first-order valence-corrected chi connectivity index (χ1v) is 31.2. The molecule has 0 saturated carbocycles. The number of alkyl halides is 3. The number of carboxylic acid groups (broad SMARTS) is 3. The topological polar surface area (TPSA) is 387 Å². The molecule has 1 aromatic heterocycles. The molecule has 0 bridgehead atoms. The smallest absolute Gasteiger partial charge is 0.527 e. The van der Waals surface area contributed by atoms with Gasteiger partial charge < -0.3 is 80.3 Å². The second-order valence-corrected chi connectivity index (χ2v) is 24.2. The van der Waals surface area contributed by atoms with E-state index in [2.05, 4.69) is 15.5 Å². The van der Waals surface area contributed by atoms with Crippen LogP contribution in [0.2, 0.25) is 10.0 Å². The first-order valence-electron chi connectivity index (χ1n) is 28.6. The van der Waals surface area contributed by atoms with Crippen LogP contribution in [0.25, 0.3) is 28.1 Å². The number of aromatic nitrogens is 2. The minimum atomic E-state index is -5.08. The van der Waals surface area contributed by atoms with Gasteiger partial charge in [0.25, 0.3) is 16.0 Å². The summed E-state index contributed by atoms with van der Waals surface area (Å²) in [5.74, 6) is -4.38. The average molecular weight is 1490 g/mol. The van der Waals surface area contributed by atoms with Crippen molar-refractivity contribution in [3.63, 3.8) is 0 Å². The third-order valence-electron chi connectivity index (χ3n) is 14.4. The van der Waals surface area contributed by atoms with Gasteiger partial charge in [0, 0.05) is 118 Å². The number of hydrogen-bond acceptors (Lipinski definition) is 20. The number of aldehydes is 1. The van der Waals surface area contributed by atoms with Gasteiger partial charge in [0.1, 0.15) is 24.4 Å². The second kappa shape index (κ2) is 42.2. The van der Waals surface area contributed by atoms with Crippen molar-refractivity contribution < 1.29 is 157 Å². The number of aliphatic hydroxyl groups excluding tert-OH is 1. The summed E-state index contributed by atoms with van der Waals surface area (Å²) in [6.07, 6.45) is -0.275. The van der Waals surface area contributed by atoms with Crippen LogP contribution in [0.4, 0.5) is 18.9 Å². The number of carbonyl (C=O) groups excluding carboxylic acids is 5. The molecule has 0 unspecified atom stereocenters. The van der Waals surface area contributed by atoms with Gasteiger partial charge in [0.15, 0.2) is 5.69 Å². The van der Waals surface area contributed by atoms with Crippen LogP contribution in [0.15, 0.2) is 54.6 Å². The molecule has 3 fully saturated rings. The number of hydrogen-bond donors (Lipinski definition) is 8. The average Bonchev–Trinajstić information content (AvgIpc) is 1.54. The number of aliphatic hydroxyl groups is 1. The third-order valence-corrected chi connectivity index (χ3v) is 14.8. The maximum Gasteiger partial charge on any atom is 1.00 e. The number of aliphatic carboxylic acids is 3. The predicted molar refractivity (Wildman–Crippen MR) is 347 cm³/mol. The van der Waals surface area contributed by atoms with Gasteiger partial charge in [-0.1, -0.05) is 35.3 Å². The molecular weight excluding hydrogens is 1410 g/mol. The largest absolute Gasteiger partial charge is 1.00 e. The summed E-state index contributed by atoms with van der Waals surface area (Å²) in [4.78, 5) is 102. The molecule has 9 N–H and O–H groups in total. The van der Waals surface area contributed by atoms with Crippen LogP contribution in [0.1, 0.15) is 42.7 Å². The van der Waals surface area contributed by atoms with Crippen molar-refractivity contribution in [2.45, 2.75) is 51.1 Å². The molecule has 5 heterocycles. The fraction of sp³-hybridized carbons (Fsp3) is 0.483. The SMILES string of the molecule is CO.COc1cc2c(cc1-c1cccc(NC(=O)CN3CCC(N[C-]=O)CC3)c1)-c1c(c(C(=O)N3CCOCC3(C)C)nn1-c1cc(Cl)cc(Cl)c1)CO2.CS(=O)(=O)O.NC(=O)CN1CCN(CC=O)CCN(CC(=O)O)CCN(CC(=O)O)CC1.O=C(O)C(F)(F)F.[CH3-].[CH3-].[Rb+]. The fourth-order valence-corrected chi connectivity index (χ4v) is 10.6. The number of methoxy groups -OCH3 is 1. The van der Waals surface area contributed by atoms with Crippen LogP contribution in [0.3, 0.4) is 0 Å². The number of nitrogens with zero attached hydrogens (tertiary/aromatic N) is 8. The number of likely N-dealkylation sites (tertiary alicyclic amines) is 1. The summed E-state index contributed by atoms with van der Waals surface area (Å²) >= 11 is 13.0. The minimum absolute atomic E-state index is 0. The van der Waals surface area contributed by atoms with E-state index in [0.29, 0.717) is 141 Å². The van der Waals surface area contributed by atoms with Crippen LogP contribution < -0.4 is 84.0 Å². The number of fused-ring (bicyclic) bond motifs is 3. The minimum Gasteiger partial charge on any atom is -0.527 e. The van der Waals surface area contributed by atoms with Crippen molar-refractivity contribution in [3.8, 4) is 39.6 Å². The monoisotopic (exact) mass is 1490 g/mol. The number of carbonyl (C=O) groups is 7. The molecule has 530 valence electrons. The normalized spacial score (nSPS) is 16.3. The quantitative estimate of drug-likeness (QED) is 0.0308. The number of nitrogens with one attached hydrogen (secondary N) is 2. The molecule has 8 rings (SSSR count). The molecule has 29 nitrogen and oxygen atoms in total. The molecule has 4 amide bonds. The molecule has 4 aliphatic heterocycles. The van der Waals surface area contributed by atoms with E-state index >= 15 is 0 Å². The van der Waals surface area contributed by atoms with E-state index in [1.807, 2.05) is 60.0 Å². The summed E-state index contributed by atoms with van der Waals surface area (Å²) in [5.41, 5.74) is 9.79. The summed E-state index contributed by atoms with van der Waals surface area (Å²) in [6.45, 7) is 10.5. The van der Waals surface area contributed by atoms with Gasteiger partial charge >= 0.3 is 82.3 Å². The van der Waals surface area contributed by atoms with E-state index in [9.17, 15) is 55.2 Å². The van der Waals surface area contributed by atoms with Crippen LogP contribution in [0.5, 0.6) is 11.5 Å². The predicted octanol–water partition coefficient (Wildman–Crippen LogP) is 0.437. The number of piperidine rings is 1. The summed E-state index contributed by atoms with van der Waals surface area (Å²) < 4.78 is 77.2. The number of anilines is 1. The first-order chi connectivity index (χ1) is 43.8. The number of ether oxygens (including phenoxy) is 3. The van der Waals surface area contributed by atoms with Crippen LogP contribution >= 0.6 is 23.2 Å². The van der Waals surface area contributed by atoms with E-state index in [-0.39, 0.29) is 136 Å². The Morgan fingerprint density at radius 2 is 1.31 bits per heavy atom. The Labute approximate surface area is 614 Å². The molecule has 3 aromatic carbocycles. The van der Waals surface area contributed by atoms with Crippen molar-refractivity contribution in [3.05, 3.63) is 90.8 Å². The Hall–Kier alpha value is -5.76. The Kier molecular flexibility index (Phi) is 38.8. The van der Waals surface area contributed by atoms with Gasteiger partial charge in [0.05, 0.1) is 76.2 Å². The Morgan fingerprint density at radius 3 is 1.78 bits per heavy atom. The maximum atomic E-state index is 14.3. The number of amides is 4. The van der Waals surface area contributed by atoms with E-state index in [4.69, 9.17) is 78.0 Å². The van der Waals surface area contributed by atoms with E-state index in [0.717, 1.165) is 37.4 Å². The first kappa shape index (κ1) is 88.2. The number of morpholine rings is 1. The third kappa shape index (κ3) is 29.4. The standard InChI is InChI=1S/C38H39Cl2N6O6.C16H29N5O6.C2HF3O2.CH4O3S.CH4O.2CH3.Rb/c1-38(2)21-51-12-11-45(38)37(49)35-31-20-52-33-18-32(50-3)29(17-30(33)36(31)46(43-35)28-15-24(39)14-25(40)16-28)23-5-4-6-27(13-23)42-34(48)19-44-9-7-26(8-10-44)41-22-47;17-14(23)11-19-3-1-18(9-10-22)2-4-20(12-15(24)25)7-8-21(6-5-19)13-16(26)27;3-2(4,5)1(6)7;1-5(2,3)4;1-2;;;/h4-6,13-18,26H,7-12,19-21H2,1-3H3,(H,41,47)(H,42,48);10H,1-9,11-13H2,(H2,17,23)(H,24,25)(H,26,27);(H,6,7);1H3,(H,2,3,4);2H,1H3;2*1H3;/q-1;;;;;2*-1;+1. The second-order valence-electron chi connectivity index (χ2n) is 21.9. The molecule has 96 heavy (non-hydrogen) atoms. The van der Waals surface area contributed by atoms with Gasteiger partial charge in [-0.25, -0.2) is 9.48 Å². The van der Waals surface area contributed by atoms with Crippen molar-refractivity contribution in [1.82, 2.24) is 44.5 Å². The Balaban J connectivity index is 0.000000879. The Morgan fingerprint density at radius 1 is 0.802 bits per heavy atom. The molecule has 0 aliphatic carbocycles. The number of halogens is 5. The van der Waals surface area contributed by atoms with Gasteiger partial charge in [0.2, 0.25) is 11.8 Å². The fourth-order valence-electron chi connectivity index (χ4n) is 10.1. The summed E-state index contributed by atoms with van der Waals surface area (Å²) in [7, 11) is -1.07. The number of benzene rings is 3. The molecule has 0 atom stereocenters. The number of primary amides is 1. The molecule has 36 heteroatoms. The van der Waals surface area contributed by atoms with Crippen LogP contribution in [0, 0.1) is 14.9 Å². The molecule has 4 aliphatic rings. The molecule has 0 spiro atoms. The van der Waals surface area contributed by atoms with Gasteiger partial charge in [-0.15, -0.1) is 0 Å². The van der Waals surface area contributed by atoms with Gasteiger partial charge in [-0.3, -0.25) is 53.0 Å². The van der Waals surface area contributed by atoms with Crippen molar-refractivity contribution in [2.75, 3.05) is 144 Å². The summed E-state index contributed by atoms with van der Waals surface area (Å²) in [6, 6.07) is 16.6. The van der Waals surface area contributed by atoms with Gasteiger partial charge in [-0.05, 0) is 74.7 Å².